The Morgan fingerprint density at radius 3 is 3.10 bits per heavy atom. The van der Waals surface area contributed by atoms with Crippen LogP contribution >= 0.6 is 0 Å². The highest BCUT2D eigenvalue weighted by Gasteiger charge is 2.30. The van der Waals surface area contributed by atoms with Crippen molar-refractivity contribution in [2.24, 2.45) is 10.9 Å². The molecule has 0 aliphatic carbocycles. The number of piperidine rings is 1. The summed E-state index contributed by atoms with van der Waals surface area (Å²) in [6, 6.07) is 8.52. The molecule has 3 rings (SSSR count). The SMILES string of the molecule is NC(=NO)C1CCCCN1CC1OCCc2ccccc21. The number of hydrogen-bond acceptors (Lipinski definition) is 4. The number of oxime groups is 1. The first-order valence-electron chi connectivity index (χ1n) is 7.70. The first-order valence-corrected chi connectivity index (χ1v) is 7.70. The molecule has 5 nitrogen and oxygen atoms in total. The van der Waals surface area contributed by atoms with Gasteiger partial charge in [0.1, 0.15) is 0 Å². The summed E-state index contributed by atoms with van der Waals surface area (Å²) in [6.45, 7) is 2.55. The number of amidine groups is 1. The number of benzene rings is 1. The van der Waals surface area contributed by atoms with Gasteiger partial charge in [0.2, 0.25) is 0 Å². The maximum Gasteiger partial charge on any atom is 0.156 e. The maximum atomic E-state index is 8.97. The third-order valence-corrected chi connectivity index (χ3v) is 4.56. The molecule has 1 aromatic rings. The smallest absolute Gasteiger partial charge is 0.156 e. The van der Waals surface area contributed by atoms with Crippen LogP contribution in [0, 0.1) is 0 Å². The van der Waals surface area contributed by atoms with Crippen LogP contribution in [0.4, 0.5) is 0 Å². The number of nitrogens with zero attached hydrogens (tertiary/aromatic N) is 2. The quantitative estimate of drug-likeness (QED) is 0.386. The van der Waals surface area contributed by atoms with Gasteiger partial charge in [-0.1, -0.05) is 35.8 Å². The van der Waals surface area contributed by atoms with Gasteiger partial charge in [0, 0.05) is 6.54 Å². The number of rotatable bonds is 3. The normalized spacial score (nSPS) is 27.3. The Morgan fingerprint density at radius 1 is 1.38 bits per heavy atom. The van der Waals surface area contributed by atoms with Crippen molar-refractivity contribution in [2.45, 2.75) is 37.8 Å². The second kappa shape index (κ2) is 6.45. The molecule has 114 valence electrons. The monoisotopic (exact) mass is 289 g/mol. The van der Waals surface area contributed by atoms with E-state index < -0.39 is 0 Å². The van der Waals surface area contributed by atoms with E-state index >= 15 is 0 Å². The van der Waals surface area contributed by atoms with E-state index in [0.717, 1.165) is 45.4 Å². The average Bonchev–Trinajstić information content (AvgIpc) is 2.55. The van der Waals surface area contributed by atoms with Gasteiger partial charge < -0.3 is 15.7 Å². The van der Waals surface area contributed by atoms with Crippen LogP contribution in [-0.4, -0.2) is 41.7 Å². The summed E-state index contributed by atoms with van der Waals surface area (Å²) < 4.78 is 5.98. The van der Waals surface area contributed by atoms with Crippen molar-refractivity contribution in [3.8, 4) is 0 Å². The van der Waals surface area contributed by atoms with Gasteiger partial charge in [-0.05, 0) is 36.9 Å². The lowest BCUT2D eigenvalue weighted by Gasteiger charge is -2.38. The second-order valence-electron chi connectivity index (χ2n) is 5.84. The van der Waals surface area contributed by atoms with Gasteiger partial charge in [0.25, 0.3) is 0 Å². The molecule has 1 saturated heterocycles. The predicted octanol–water partition coefficient (Wildman–Crippen LogP) is 1.90. The first-order chi connectivity index (χ1) is 10.3. The topological polar surface area (TPSA) is 71.1 Å². The Hall–Kier alpha value is -1.59. The van der Waals surface area contributed by atoms with Gasteiger partial charge in [-0.3, -0.25) is 4.90 Å². The molecule has 2 unspecified atom stereocenters. The van der Waals surface area contributed by atoms with Crippen LogP contribution < -0.4 is 5.73 Å². The lowest BCUT2D eigenvalue weighted by atomic mass is 9.95. The van der Waals surface area contributed by atoms with Gasteiger partial charge in [-0.2, -0.15) is 0 Å². The van der Waals surface area contributed by atoms with Crippen molar-refractivity contribution < 1.29 is 9.94 Å². The van der Waals surface area contributed by atoms with Crippen molar-refractivity contribution in [2.75, 3.05) is 19.7 Å². The van der Waals surface area contributed by atoms with Crippen LogP contribution in [0.2, 0.25) is 0 Å². The van der Waals surface area contributed by atoms with E-state index in [9.17, 15) is 0 Å². The molecule has 5 heteroatoms. The zero-order valence-corrected chi connectivity index (χ0v) is 12.2. The minimum absolute atomic E-state index is 0.0291. The van der Waals surface area contributed by atoms with Crippen LogP contribution in [0.25, 0.3) is 0 Å². The van der Waals surface area contributed by atoms with Crippen molar-refractivity contribution in [3.05, 3.63) is 35.4 Å². The largest absolute Gasteiger partial charge is 0.409 e. The number of hydrogen-bond donors (Lipinski definition) is 2. The highest BCUT2D eigenvalue weighted by atomic mass is 16.5. The van der Waals surface area contributed by atoms with Crippen molar-refractivity contribution >= 4 is 5.84 Å². The minimum Gasteiger partial charge on any atom is -0.409 e. The molecule has 0 bridgehead atoms. The van der Waals surface area contributed by atoms with Gasteiger partial charge in [0.15, 0.2) is 5.84 Å². The summed E-state index contributed by atoms with van der Waals surface area (Å²) in [5, 5.41) is 12.2. The Balaban J connectivity index is 1.76. The van der Waals surface area contributed by atoms with Crippen LogP contribution in [-0.2, 0) is 11.2 Å². The van der Waals surface area contributed by atoms with E-state index in [1.165, 1.54) is 11.1 Å². The zero-order chi connectivity index (χ0) is 14.7. The molecule has 0 spiro atoms. The molecule has 21 heavy (non-hydrogen) atoms. The van der Waals surface area contributed by atoms with Crippen LogP contribution in [0.15, 0.2) is 29.4 Å². The van der Waals surface area contributed by atoms with E-state index in [-0.39, 0.29) is 12.1 Å². The van der Waals surface area contributed by atoms with Crippen molar-refractivity contribution in [1.29, 1.82) is 0 Å². The fourth-order valence-electron chi connectivity index (χ4n) is 3.45. The van der Waals surface area contributed by atoms with Gasteiger partial charge in [-0.25, -0.2) is 0 Å². The van der Waals surface area contributed by atoms with Crippen molar-refractivity contribution in [3.63, 3.8) is 0 Å². The fraction of sp³-hybridized carbons (Fsp3) is 0.562. The van der Waals surface area contributed by atoms with E-state index in [1.807, 2.05) is 0 Å². The Labute approximate surface area is 125 Å². The summed E-state index contributed by atoms with van der Waals surface area (Å²) in [6.07, 6.45) is 4.30. The van der Waals surface area contributed by atoms with Crippen molar-refractivity contribution in [1.82, 2.24) is 4.90 Å². The maximum absolute atomic E-state index is 8.97. The van der Waals surface area contributed by atoms with E-state index in [0.29, 0.717) is 5.84 Å². The molecular formula is C16H23N3O2. The molecule has 1 fully saturated rings. The third-order valence-electron chi connectivity index (χ3n) is 4.56. The first kappa shape index (κ1) is 14.4. The molecule has 0 amide bonds. The van der Waals surface area contributed by atoms with Gasteiger partial charge in [-0.15, -0.1) is 0 Å². The summed E-state index contributed by atoms with van der Waals surface area (Å²) in [7, 11) is 0. The van der Waals surface area contributed by atoms with Gasteiger partial charge in [0.05, 0.1) is 18.8 Å². The zero-order valence-electron chi connectivity index (χ0n) is 12.2. The molecule has 3 N–H and O–H groups in total. The lowest BCUT2D eigenvalue weighted by molar-refractivity contribution is 0.00621. The molecule has 1 aromatic carbocycles. The molecule has 2 aliphatic rings. The van der Waals surface area contributed by atoms with Crippen LogP contribution in [0.3, 0.4) is 0 Å². The average molecular weight is 289 g/mol. The molecule has 2 heterocycles. The molecule has 2 atom stereocenters. The number of nitrogens with two attached hydrogens (primary N) is 1. The number of fused-ring (bicyclic) bond motifs is 1. The molecular weight excluding hydrogens is 266 g/mol. The lowest BCUT2D eigenvalue weighted by Crippen LogP contribution is -2.49. The number of likely N-dealkylation sites (tertiary alicyclic amines) is 1. The molecule has 2 aliphatic heterocycles. The second-order valence-corrected chi connectivity index (χ2v) is 5.84. The molecule has 0 aromatic heterocycles. The minimum atomic E-state index is 0.0291. The Kier molecular flexibility index (Phi) is 4.41. The third kappa shape index (κ3) is 3.04. The van der Waals surface area contributed by atoms with Gasteiger partial charge >= 0.3 is 0 Å². The van der Waals surface area contributed by atoms with E-state index in [4.69, 9.17) is 15.7 Å². The summed E-state index contributed by atoms with van der Waals surface area (Å²) in [5.41, 5.74) is 8.52. The standard InChI is InChI=1S/C16H23N3O2/c17-16(18-20)14-7-3-4-9-19(14)11-15-13-6-2-1-5-12(13)8-10-21-15/h1-2,5-6,14-15,20H,3-4,7-11H2,(H2,17,18). The Bertz CT molecular complexity index is 518. The Morgan fingerprint density at radius 2 is 2.24 bits per heavy atom. The molecule has 0 radical (unpaired) electrons. The van der Waals surface area contributed by atoms with Crippen LogP contribution in [0.1, 0.15) is 36.5 Å². The summed E-state index contributed by atoms with van der Waals surface area (Å²) in [4.78, 5) is 2.30. The molecule has 0 saturated carbocycles. The highest BCUT2D eigenvalue weighted by molar-refractivity contribution is 5.85. The van der Waals surface area contributed by atoms with Crippen LogP contribution in [0.5, 0.6) is 0 Å². The summed E-state index contributed by atoms with van der Waals surface area (Å²) >= 11 is 0. The predicted molar refractivity (Wildman–Crippen MR) is 81.5 cm³/mol. The van der Waals surface area contributed by atoms with E-state index in [2.05, 4.69) is 34.3 Å². The number of ether oxygens (including phenoxy) is 1. The fourth-order valence-corrected chi connectivity index (χ4v) is 3.45. The summed E-state index contributed by atoms with van der Waals surface area (Å²) in [5.74, 6) is 0.318. The highest BCUT2D eigenvalue weighted by Crippen LogP contribution is 2.29. The van der Waals surface area contributed by atoms with E-state index in [1.54, 1.807) is 0 Å².